The average molecular weight is 289 g/mol. The first-order valence-corrected chi connectivity index (χ1v) is 6.91. The van der Waals surface area contributed by atoms with Crippen LogP contribution in [0.25, 0.3) is 0 Å². The van der Waals surface area contributed by atoms with E-state index in [-0.39, 0.29) is 18.0 Å². The SMILES string of the molecule is COC(=O)[C@H]1[C@@H]2C=C[C@@]3(CN(Cc4ccco4)C(=O)[C@H]13)O2. The number of likely N-dealkylation sites (tertiary alicyclic amines) is 1. The summed E-state index contributed by atoms with van der Waals surface area (Å²) in [5.41, 5.74) is -0.687. The Bertz CT molecular complexity index is 622. The number of esters is 1. The smallest absolute Gasteiger partial charge is 0.312 e. The van der Waals surface area contributed by atoms with Gasteiger partial charge in [0, 0.05) is 0 Å². The summed E-state index contributed by atoms with van der Waals surface area (Å²) < 4.78 is 16.1. The van der Waals surface area contributed by atoms with Crippen molar-refractivity contribution in [2.24, 2.45) is 11.8 Å². The van der Waals surface area contributed by atoms with Crippen molar-refractivity contribution in [3.05, 3.63) is 36.3 Å². The monoisotopic (exact) mass is 289 g/mol. The van der Waals surface area contributed by atoms with Crippen LogP contribution in [0.4, 0.5) is 0 Å². The third-order valence-corrected chi connectivity index (χ3v) is 4.58. The number of hydrogen-bond donors (Lipinski definition) is 0. The number of nitrogens with zero attached hydrogens (tertiary/aromatic N) is 1. The Morgan fingerprint density at radius 2 is 2.43 bits per heavy atom. The van der Waals surface area contributed by atoms with Crippen LogP contribution in [0.3, 0.4) is 0 Å². The molecule has 6 heteroatoms. The molecule has 2 fully saturated rings. The molecule has 1 aromatic rings. The third-order valence-electron chi connectivity index (χ3n) is 4.58. The van der Waals surface area contributed by atoms with E-state index in [0.29, 0.717) is 18.8 Å². The molecule has 0 aliphatic carbocycles. The van der Waals surface area contributed by atoms with Crippen molar-refractivity contribution >= 4 is 11.9 Å². The molecule has 4 heterocycles. The van der Waals surface area contributed by atoms with Gasteiger partial charge in [0.15, 0.2) is 0 Å². The van der Waals surface area contributed by atoms with Gasteiger partial charge >= 0.3 is 5.97 Å². The highest BCUT2D eigenvalue weighted by atomic mass is 16.5. The zero-order valence-electron chi connectivity index (χ0n) is 11.5. The second kappa shape index (κ2) is 4.21. The van der Waals surface area contributed by atoms with Gasteiger partial charge in [-0.2, -0.15) is 0 Å². The van der Waals surface area contributed by atoms with Crippen molar-refractivity contribution in [1.82, 2.24) is 4.90 Å². The zero-order chi connectivity index (χ0) is 14.6. The fourth-order valence-corrected chi connectivity index (χ4v) is 3.71. The van der Waals surface area contributed by atoms with Crippen LogP contribution >= 0.6 is 0 Å². The highest BCUT2D eigenvalue weighted by molar-refractivity contribution is 5.91. The van der Waals surface area contributed by atoms with Crippen LogP contribution in [0.15, 0.2) is 35.0 Å². The van der Waals surface area contributed by atoms with Crippen LogP contribution in [0, 0.1) is 11.8 Å². The standard InChI is InChI=1S/C15H15NO5/c1-19-14(18)11-10-4-5-15(21-10)8-16(13(17)12(11)15)7-9-3-2-6-20-9/h2-6,10-12H,7-8H2,1H3/t10-,11-,12-,15-/m0/s1. The van der Waals surface area contributed by atoms with Gasteiger partial charge < -0.3 is 18.8 Å². The second-order valence-corrected chi connectivity index (χ2v) is 5.70. The van der Waals surface area contributed by atoms with Gasteiger partial charge in [-0.15, -0.1) is 0 Å². The minimum Gasteiger partial charge on any atom is -0.469 e. The number of hydrogen-bond acceptors (Lipinski definition) is 5. The lowest BCUT2D eigenvalue weighted by atomic mass is 9.77. The molecule has 1 spiro atoms. The van der Waals surface area contributed by atoms with Crippen molar-refractivity contribution in [2.75, 3.05) is 13.7 Å². The van der Waals surface area contributed by atoms with Gasteiger partial charge in [0.1, 0.15) is 17.3 Å². The molecule has 2 saturated heterocycles. The van der Waals surface area contributed by atoms with Crippen LogP contribution in [0.2, 0.25) is 0 Å². The van der Waals surface area contributed by atoms with Crippen molar-refractivity contribution < 1.29 is 23.5 Å². The van der Waals surface area contributed by atoms with E-state index in [1.54, 1.807) is 17.2 Å². The maximum atomic E-state index is 12.7. The molecule has 6 nitrogen and oxygen atoms in total. The quantitative estimate of drug-likeness (QED) is 0.606. The molecule has 3 aliphatic rings. The Morgan fingerprint density at radius 3 is 3.14 bits per heavy atom. The molecular formula is C15H15NO5. The Morgan fingerprint density at radius 1 is 1.57 bits per heavy atom. The number of methoxy groups -OCH3 is 1. The van der Waals surface area contributed by atoms with Crippen molar-refractivity contribution in [3.63, 3.8) is 0 Å². The minimum atomic E-state index is -0.687. The predicted molar refractivity (Wildman–Crippen MR) is 69.9 cm³/mol. The highest BCUT2D eigenvalue weighted by Gasteiger charge is 2.67. The second-order valence-electron chi connectivity index (χ2n) is 5.70. The molecular weight excluding hydrogens is 274 g/mol. The Hall–Kier alpha value is -2.08. The van der Waals surface area contributed by atoms with Gasteiger partial charge in [-0.3, -0.25) is 9.59 Å². The molecule has 3 aliphatic heterocycles. The fraction of sp³-hybridized carbons (Fsp3) is 0.467. The Balaban J connectivity index is 1.64. The molecule has 0 saturated carbocycles. The van der Waals surface area contributed by atoms with E-state index >= 15 is 0 Å². The first kappa shape index (κ1) is 12.6. The van der Waals surface area contributed by atoms with Gasteiger partial charge in [0.05, 0.1) is 38.5 Å². The Kier molecular flexibility index (Phi) is 2.53. The summed E-state index contributed by atoms with van der Waals surface area (Å²) in [5.74, 6) is -0.782. The number of amides is 1. The molecule has 1 aromatic heterocycles. The normalized spacial score (nSPS) is 36.3. The topological polar surface area (TPSA) is 69.0 Å². The summed E-state index contributed by atoms with van der Waals surface area (Å²) in [7, 11) is 1.34. The molecule has 0 unspecified atom stereocenters. The van der Waals surface area contributed by atoms with Crippen molar-refractivity contribution in [1.29, 1.82) is 0 Å². The zero-order valence-corrected chi connectivity index (χ0v) is 11.5. The van der Waals surface area contributed by atoms with Gasteiger partial charge in [-0.1, -0.05) is 12.2 Å². The first-order chi connectivity index (χ1) is 10.1. The van der Waals surface area contributed by atoms with Gasteiger partial charge in [-0.05, 0) is 12.1 Å². The molecule has 4 atom stereocenters. The maximum Gasteiger partial charge on any atom is 0.312 e. The number of rotatable bonds is 3. The van der Waals surface area contributed by atoms with E-state index in [9.17, 15) is 9.59 Å². The molecule has 0 N–H and O–H groups in total. The number of carbonyl (C=O) groups excluding carboxylic acids is 2. The molecule has 0 aromatic carbocycles. The minimum absolute atomic E-state index is 0.0753. The summed E-state index contributed by atoms with van der Waals surface area (Å²) >= 11 is 0. The lowest BCUT2D eigenvalue weighted by Crippen LogP contribution is -2.39. The van der Waals surface area contributed by atoms with Crippen LogP contribution in [0.5, 0.6) is 0 Å². The number of ether oxygens (including phenoxy) is 2. The molecule has 0 radical (unpaired) electrons. The van der Waals surface area contributed by atoms with E-state index in [4.69, 9.17) is 13.9 Å². The molecule has 2 bridgehead atoms. The van der Waals surface area contributed by atoms with E-state index in [1.807, 2.05) is 18.2 Å². The predicted octanol–water partition coefficient (Wildman–Crippen LogP) is 0.735. The van der Waals surface area contributed by atoms with Gasteiger partial charge in [0.2, 0.25) is 5.91 Å². The summed E-state index contributed by atoms with van der Waals surface area (Å²) in [6.07, 6.45) is 5.01. The van der Waals surface area contributed by atoms with Gasteiger partial charge in [0.25, 0.3) is 0 Å². The first-order valence-electron chi connectivity index (χ1n) is 6.91. The van der Waals surface area contributed by atoms with Crippen molar-refractivity contribution in [2.45, 2.75) is 18.2 Å². The summed E-state index contributed by atoms with van der Waals surface area (Å²) in [4.78, 5) is 26.4. The average Bonchev–Trinajstić information content (AvgIpc) is 3.22. The van der Waals surface area contributed by atoms with Crippen LogP contribution < -0.4 is 0 Å². The largest absolute Gasteiger partial charge is 0.469 e. The van der Waals surface area contributed by atoms with Crippen LogP contribution in [-0.4, -0.2) is 42.1 Å². The van der Waals surface area contributed by atoms with E-state index < -0.39 is 17.4 Å². The van der Waals surface area contributed by atoms with E-state index in [1.165, 1.54) is 7.11 Å². The van der Waals surface area contributed by atoms with E-state index in [0.717, 1.165) is 0 Å². The molecule has 4 rings (SSSR count). The summed E-state index contributed by atoms with van der Waals surface area (Å²) in [5, 5.41) is 0. The summed E-state index contributed by atoms with van der Waals surface area (Å²) in [6, 6.07) is 3.61. The van der Waals surface area contributed by atoms with Crippen LogP contribution in [0.1, 0.15) is 5.76 Å². The Labute approximate surface area is 121 Å². The fourth-order valence-electron chi connectivity index (χ4n) is 3.71. The summed E-state index contributed by atoms with van der Waals surface area (Å²) in [6.45, 7) is 0.831. The number of furan rings is 1. The van der Waals surface area contributed by atoms with Crippen molar-refractivity contribution in [3.8, 4) is 0 Å². The highest BCUT2D eigenvalue weighted by Crippen LogP contribution is 2.52. The molecule has 110 valence electrons. The van der Waals surface area contributed by atoms with E-state index in [2.05, 4.69) is 0 Å². The van der Waals surface area contributed by atoms with Gasteiger partial charge in [-0.25, -0.2) is 0 Å². The maximum absolute atomic E-state index is 12.7. The molecule has 21 heavy (non-hydrogen) atoms. The molecule has 1 amide bonds. The number of fused-ring (bicyclic) bond motifs is 1. The van der Waals surface area contributed by atoms with Crippen LogP contribution in [-0.2, 0) is 25.6 Å². The lowest BCUT2D eigenvalue weighted by Gasteiger charge is -2.22. The third kappa shape index (κ3) is 1.62. The number of carbonyl (C=O) groups is 2. The lowest BCUT2D eigenvalue weighted by molar-refractivity contribution is -0.151.